The summed E-state index contributed by atoms with van der Waals surface area (Å²) < 4.78 is 1.93. The first kappa shape index (κ1) is 18.1. The molecule has 1 aliphatic heterocycles. The summed E-state index contributed by atoms with van der Waals surface area (Å²) in [6.45, 7) is 6.47. The van der Waals surface area contributed by atoms with Crippen LogP contribution >= 0.6 is 11.8 Å². The number of thioether (sulfide) groups is 1. The summed E-state index contributed by atoms with van der Waals surface area (Å²) in [5.74, 6) is 1.19. The van der Waals surface area contributed by atoms with Crippen LogP contribution in [0.3, 0.4) is 0 Å². The van der Waals surface area contributed by atoms with Gasteiger partial charge in [-0.15, -0.1) is 11.8 Å². The van der Waals surface area contributed by atoms with Crippen molar-refractivity contribution in [2.45, 2.75) is 11.8 Å². The lowest BCUT2D eigenvalue weighted by Gasteiger charge is -2.34. The highest BCUT2D eigenvalue weighted by Crippen LogP contribution is 2.17. The smallest absolute Gasteiger partial charge is 0.255 e. The lowest BCUT2D eigenvalue weighted by atomic mass is 10.2. The molecular weight excluding hydrogens is 356 g/mol. The molecule has 6 heteroatoms. The van der Waals surface area contributed by atoms with E-state index in [9.17, 15) is 4.79 Å². The first-order valence-corrected chi connectivity index (χ1v) is 10.3. The van der Waals surface area contributed by atoms with Crippen molar-refractivity contribution in [2.75, 3.05) is 38.5 Å². The molecule has 1 amide bonds. The number of carbonyl (C=O) groups excluding carboxylic acids is 1. The Morgan fingerprint density at radius 1 is 1.04 bits per heavy atom. The fourth-order valence-corrected chi connectivity index (χ4v) is 4.35. The zero-order chi connectivity index (χ0) is 18.6. The van der Waals surface area contributed by atoms with Crippen molar-refractivity contribution in [3.63, 3.8) is 0 Å². The Labute approximate surface area is 164 Å². The molecule has 5 nitrogen and oxygen atoms in total. The molecule has 0 radical (unpaired) electrons. The fourth-order valence-electron chi connectivity index (χ4n) is 3.41. The third-order valence-electron chi connectivity index (χ3n) is 4.90. The number of benzene rings is 1. The number of aromatic nitrogens is 2. The number of fused-ring (bicyclic) bond motifs is 1. The SMILES string of the molecule is Cc1cn2cc(C(=O)N3CCN(CCSc4ccccc4)CC3)ccc2n1. The summed E-state index contributed by atoms with van der Waals surface area (Å²) in [6.07, 6.45) is 3.84. The number of pyridine rings is 1. The van der Waals surface area contributed by atoms with Gasteiger partial charge in [-0.2, -0.15) is 0 Å². The maximum absolute atomic E-state index is 12.8. The van der Waals surface area contributed by atoms with Crippen LogP contribution in [0.5, 0.6) is 0 Å². The van der Waals surface area contributed by atoms with Crippen LogP contribution in [0, 0.1) is 6.92 Å². The van der Waals surface area contributed by atoms with Crippen molar-refractivity contribution in [3.05, 3.63) is 66.1 Å². The molecule has 3 heterocycles. The van der Waals surface area contributed by atoms with Crippen LogP contribution in [0.4, 0.5) is 0 Å². The van der Waals surface area contributed by atoms with Crippen LogP contribution in [0.15, 0.2) is 59.8 Å². The number of imidazole rings is 1. The standard InChI is InChI=1S/C21H24N4OS/c1-17-15-25-16-18(7-8-20(25)22-17)21(26)24-11-9-23(10-12-24)13-14-27-19-5-3-2-4-6-19/h2-8,15-16H,9-14H2,1H3. The van der Waals surface area contributed by atoms with E-state index in [0.717, 1.165) is 55.4 Å². The van der Waals surface area contributed by atoms with Gasteiger partial charge in [0.25, 0.3) is 5.91 Å². The van der Waals surface area contributed by atoms with Crippen molar-refractivity contribution in [1.82, 2.24) is 19.2 Å². The number of aryl methyl sites for hydroxylation is 1. The van der Waals surface area contributed by atoms with Crippen molar-refractivity contribution in [1.29, 1.82) is 0 Å². The zero-order valence-electron chi connectivity index (χ0n) is 15.5. The van der Waals surface area contributed by atoms with Crippen LogP contribution in [0.2, 0.25) is 0 Å². The van der Waals surface area contributed by atoms with Crippen molar-refractivity contribution >= 4 is 23.3 Å². The maximum atomic E-state index is 12.8. The highest BCUT2D eigenvalue weighted by molar-refractivity contribution is 7.99. The Morgan fingerprint density at radius 3 is 2.59 bits per heavy atom. The molecule has 4 rings (SSSR count). The Kier molecular flexibility index (Phi) is 5.45. The summed E-state index contributed by atoms with van der Waals surface area (Å²) >= 11 is 1.89. The van der Waals surface area contributed by atoms with Gasteiger partial charge in [-0.25, -0.2) is 4.98 Å². The maximum Gasteiger partial charge on any atom is 0.255 e. The van der Waals surface area contributed by atoms with E-state index in [1.807, 2.05) is 58.6 Å². The van der Waals surface area contributed by atoms with Gasteiger partial charge in [0.2, 0.25) is 0 Å². The summed E-state index contributed by atoms with van der Waals surface area (Å²) in [5.41, 5.74) is 2.57. The topological polar surface area (TPSA) is 40.9 Å². The van der Waals surface area contributed by atoms with Gasteiger partial charge in [-0.05, 0) is 31.2 Å². The Morgan fingerprint density at radius 2 is 1.81 bits per heavy atom. The van der Waals surface area contributed by atoms with E-state index in [1.165, 1.54) is 4.90 Å². The highest BCUT2D eigenvalue weighted by Gasteiger charge is 2.22. The second kappa shape index (κ2) is 8.15. The van der Waals surface area contributed by atoms with Gasteiger partial charge < -0.3 is 9.30 Å². The minimum Gasteiger partial charge on any atom is -0.336 e. The van der Waals surface area contributed by atoms with E-state index in [1.54, 1.807) is 0 Å². The predicted molar refractivity (Wildman–Crippen MR) is 109 cm³/mol. The number of hydrogen-bond donors (Lipinski definition) is 0. The van der Waals surface area contributed by atoms with Crippen LogP contribution in [-0.4, -0.2) is 63.6 Å². The molecular formula is C21H24N4OS. The minimum absolute atomic E-state index is 0.113. The van der Waals surface area contributed by atoms with E-state index in [2.05, 4.69) is 34.1 Å². The minimum atomic E-state index is 0.113. The number of rotatable bonds is 5. The van der Waals surface area contributed by atoms with Gasteiger partial charge in [0.05, 0.1) is 11.3 Å². The first-order valence-electron chi connectivity index (χ1n) is 9.34. The largest absolute Gasteiger partial charge is 0.336 e. The molecule has 0 unspecified atom stereocenters. The number of piperazine rings is 1. The van der Waals surface area contributed by atoms with Gasteiger partial charge in [-0.3, -0.25) is 9.69 Å². The zero-order valence-corrected chi connectivity index (χ0v) is 16.4. The summed E-state index contributed by atoms with van der Waals surface area (Å²) in [6, 6.07) is 14.3. The molecule has 1 saturated heterocycles. The van der Waals surface area contributed by atoms with Crippen molar-refractivity contribution in [2.24, 2.45) is 0 Å². The van der Waals surface area contributed by atoms with E-state index < -0.39 is 0 Å². The molecule has 27 heavy (non-hydrogen) atoms. The summed E-state index contributed by atoms with van der Waals surface area (Å²) in [5, 5.41) is 0. The molecule has 0 saturated carbocycles. The van der Waals surface area contributed by atoms with Gasteiger partial charge in [0.15, 0.2) is 0 Å². The first-order chi connectivity index (χ1) is 13.2. The van der Waals surface area contributed by atoms with Gasteiger partial charge >= 0.3 is 0 Å². The molecule has 0 spiro atoms. The highest BCUT2D eigenvalue weighted by atomic mass is 32.2. The predicted octanol–water partition coefficient (Wildman–Crippen LogP) is 3.19. The summed E-state index contributed by atoms with van der Waals surface area (Å²) in [7, 11) is 0. The van der Waals surface area contributed by atoms with Crippen LogP contribution in [-0.2, 0) is 0 Å². The molecule has 3 aromatic rings. The molecule has 0 bridgehead atoms. The van der Waals surface area contributed by atoms with Crippen LogP contribution < -0.4 is 0 Å². The fraction of sp³-hybridized carbons (Fsp3) is 0.333. The Bertz CT molecular complexity index is 916. The van der Waals surface area contributed by atoms with Crippen molar-refractivity contribution < 1.29 is 4.79 Å². The number of nitrogens with zero attached hydrogens (tertiary/aromatic N) is 4. The van der Waals surface area contributed by atoms with E-state index in [-0.39, 0.29) is 5.91 Å². The lowest BCUT2D eigenvalue weighted by molar-refractivity contribution is 0.0644. The van der Waals surface area contributed by atoms with Crippen molar-refractivity contribution in [3.8, 4) is 0 Å². The van der Waals surface area contributed by atoms with E-state index >= 15 is 0 Å². The van der Waals surface area contributed by atoms with E-state index in [4.69, 9.17) is 0 Å². The third kappa shape index (κ3) is 4.34. The van der Waals surface area contributed by atoms with Crippen LogP contribution in [0.25, 0.3) is 5.65 Å². The number of amides is 1. The monoisotopic (exact) mass is 380 g/mol. The second-order valence-corrected chi connectivity index (χ2v) is 8.03. The molecule has 1 aliphatic rings. The Hall–Kier alpha value is -2.31. The average Bonchev–Trinajstić information content (AvgIpc) is 3.08. The molecule has 140 valence electrons. The molecule has 2 aromatic heterocycles. The third-order valence-corrected chi connectivity index (χ3v) is 5.89. The molecule has 0 aliphatic carbocycles. The average molecular weight is 381 g/mol. The molecule has 1 aromatic carbocycles. The van der Waals surface area contributed by atoms with Crippen LogP contribution in [0.1, 0.15) is 16.1 Å². The molecule has 1 fully saturated rings. The normalized spacial score (nSPS) is 15.4. The quantitative estimate of drug-likeness (QED) is 0.638. The number of carbonyl (C=O) groups is 1. The molecule has 0 atom stereocenters. The molecule has 0 N–H and O–H groups in total. The summed E-state index contributed by atoms with van der Waals surface area (Å²) in [4.78, 5) is 23.0. The van der Waals surface area contributed by atoms with E-state index in [0.29, 0.717) is 0 Å². The van der Waals surface area contributed by atoms with Gasteiger partial charge in [0, 0.05) is 55.8 Å². The Balaban J connectivity index is 1.28. The lowest BCUT2D eigenvalue weighted by Crippen LogP contribution is -2.49. The number of hydrogen-bond acceptors (Lipinski definition) is 4. The van der Waals surface area contributed by atoms with Gasteiger partial charge in [0.1, 0.15) is 5.65 Å². The second-order valence-electron chi connectivity index (χ2n) is 6.86. The van der Waals surface area contributed by atoms with Gasteiger partial charge in [-0.1, -0.05) is 18.2 Å².